The van der Waals surface area contributed by atoms with Crippen molar-refractivity contribution in [2.45, 2.75) is 30.6 Å². The first-order valence-electron chi connectivity index (χ1n) is 12.3. The summed E-state index contributed by atoms with van der Waals surface area (Å²) in [4.78, 5) is 27.8. The van der Waals surface area contributed by atoms with E-state index in [1.165, 1.54) is 30.3 Å². The van der Waals surface area contributed by atoms with Gasteiger partial charge in [-0.25, -0.2) is 17.5 Å². The Morgan fingerprint density at radius 1 is 1.05 bits per heavy atom. The zero-order valence-corrected chi connectivity index (χ0v) is 23.1. The quantitative estimate of drug-likeness (QED) is 0.391. The van der Waals surface area contributed by atoms with Gasteiger partial charge in [0.1, 0.15) is 5.41 Å². The number of rotatable bonds is 5. The molecule has 1 amide bonds. The van der Waals surface area contributed by atoms with Crippen molar-refractivity contribution in [3.63, 3.8) is 0 Å². The van der Waals surface area contributed by atoms with Crippen LogP contribution in [0.4, 0.5) is 5.69 Å². The molecule has 40 heavy (non-hydrogen) atoms. The molecule has 0 radical (unpaired) electrons. The summed E-state index contributed by atoms with van der Waals surface area (Å²) < 4.78 is 33.9. The standard InChI is InChI=1S/C30H22ClN3O5S/c1-3-39-27(35)23-16-30(29(17-32,18-33)26(23)20-7-5-4-6-8-20)24-15-21(31)11-14-25(24)34(28(30)36)40(37,38)22-12-9-19(2)10-13-22/h4-15H,3,16H2,1-2H3. The van der Waals surface area contributed by atoms with Crippen LogP contribution in [0.5, 0.6) is 0 Å². The van der Waals surface area contributed by atoms with Crippen molar-refractivity contribution in [2.75, 3.05) is 10.9 Å². The molecule has 10 heteroatoms. The van der Waals surface area contributed by atoms with Gasteiger partial charge in [0.05, 0.1) is 29.3 Å². The second-order valence-electron chi connectivity index (χ2n) is 9.54. The molecular formula is C30H22ClN3O5S. The highest BCUT2D eigenvalue weighted by molar-refractivity contribution is 7.93. The predicted molar refractivity (Wildman–Crippen MR) is 147 cm³/mol. The van der Waals surface area contributed by atoms with Gasteiger partial charge in [0, 0.05) is 22.6 Å². The molecule has 2 aliphatic rings. The van der Waals surface area contributed by atoms with Gasteiger partial charge >= 0.3 is 5.97 Å². The van der Waals surface area contributed by atoms with Crippen molar-refractivity contribution in [3.05, 3.63) is 100 Å². The molecule has 1 spiro atoms. The van der Waals surface area contributed by atoms with Crippen LogP contribution in [-0.2, 0) is 29.8 Å². The van der Waals surface area contributed by atoms with Crippen LogP contribution in [-0.4, -0.2) is 26.9 Å². The highest BCUT2D eigenvalue weighted by Gasteiger charge is 2.72. The summed E-state index contributed by atoms with van der Waals surface area (Å²) in [7, 11) is -4.50. The Morgan fingerprint density at radius 2 is 1.70 bits per heavy atom. The van der Waals surface area contributed by atoms with Crippen LogP contribution in [0.25, 0.3) is 5.57 Å². The third kappa shape index (κ3) is 3.59. The Kier molecular flexibility index (Phi) is 6.54. The third-order valence-corrected chi connectivity index (χ3v) is 9.37. The second kappa shape index (κ2) is 9.63. The number of hydrogen-bond donors (Lipinski definition) is 0. The normalized spacial score (nSPS) is 19.3. The smallest absolute Gasteiger partial charge is 0.334 e. The summed E-state index contributed by atoms with van der Waals surface area (Å²) in [6, 6.07) is 22.5. The minimum atomic E-state index is -4.50. The van der Waals surface area contributed by atoms with Crippen molar-refractivity contribution in [1.29, 1.82) is 10.5 Å². The molecule has 0 saturated carbocycles. The fourth-order valence-electron chi connectivity index (χ4n) is 5.65. The molecule has 0 saturated heterocycles. The number of anilines is 1. The number of ether oxygens (including phenoxy) is 1. The SMILES string of the molecule is CCOC(=O)C1=C(c2ccccc2)C(C#N)(C#N)C2(C1)C(=O)N(S(=O)(=O)c1ccc(C)cc1)c1ccc(Cl)cc12. The number of carbonyl (C=O) groups excluding carboxylic acids is 2. The number of fused-ring (bicyclic) bond motifs is 2. The third-order valence-electron chi connectivity index (χ3n) is 7.42. The second-order valence-corrected chi connectivity index (χ2v) is 11.8. The summed E-state index contributed by atoms with van der Waals surface area (Å²) in [5.74, 6) is -1.83. The number of esters is 1. The lowest BCUT2D eigenvalue weighted by Gasteiger charge is -2.34. The molecule has 0 N–H and O–H groups in total. The predicted octanol–water partition coefficient (Wildman–Crippen LogP) is 5.08. The van der Waals surface area contributed by atoms with E-state index in [0.29, 0.717) is 9.87 Å². The van der Waals surface area contributed by atoms with E-state index in [9.17, 15) is 28.5 Å². The van der Waals surface area contributed by atoms with Crippen LogP contribution in [0, 0.1) is 35.0 Å². The molecule has 1 aliphatic heterocycles. The van der Waals surface area contributed by atoms with Crippen LogP contribution in [0.2, 0.25) is 5.02 Å². The van der Waals surface area contributed by atoms with E-state index >= 15 is 0 Å². The molecule has 0 bridgehead atoms. The summed E-state index contributed by atoms with van der Waals surface area (Å²) in [5, 5.41) is 21.6. The molecule has 5 rings (SSSR count). The minimum Gasteiger partial charge on any atom is -0.463 e. The molecule has 1 aliphatic carbocycles. The van der Waals surface area contributed by atoms with Gasteiger partial charge in [0.2, 0.25) is 0 Å². The Balaban J connectivity index is 1.85. The van der Waals surface area contributed by atoms with Gasteiger partial charge < -0.3 is 4.74 Å². The van der Waals surface area contributed by atoms with E-state index in [-0.39, 0.29) is 38.9 Å². The Hall–Kier alpha value is -4.44. The highest BCUT2D eigenvalue weighted by atomic mass is 35.5. The summed E-state index contributed by atoms with van der Waals surface area (Å²) >= 11 is 6.36. The zero-order valence-electron chi connectivity index (χ0n) is 21.5. The number of aryl methyl sites for hydroxylation is 1. The number of hydrogen-bond acceptors (Lipinski definition) is 7. The molecule has 0 fully saturated rings. The molecule has 3 aromatic rings. The van der Waals surface area contributed by atoms with E-state index in [4.69, 9.17) is 16.3 Å². The van der Waals surface area contributed by atoms with Gasteiger partial charge in [0.15, 0.2) is 5.41 Å². The Morgan fingerprint density at radius 3 is 2.30 bits per heavy atom. The van der Waals surface area contributed by atoms with E-state index < -0.39 is 39.2 Å². The number of nitriles is 2. The van der Waals surface area contributed by atoms with Gasteiger partial charge in [-0.3, -0.25) is 4.79 Å². The molecule has 3 aromatic carbocycles. The van der Waals surface area contributed by atoms with Crippen LogP contribution in [0.15, 0.2) is 83.3 Å². The molecule has 1 atom stereocenters. The maximum atomic E-state index is 14.6. The zero-order chi connectivity index (χ0) is 28.9. The average Bonchev–Trinajstić information content (AvgIpc) is 3.40. The molecule has 1 unspecified atom stereocenters. The van der Waals surface area contributed by atoms with Crippen molar-refractivity contribution in [1.82, 2.24) is 0 Å². The van der Waals surface area contributed by atoms with E-state index in [1.54, 1.807) is 56.3 Å². The minimum absolute atomic E-state index is 0.00501. The number of benzene rings is 3. The van der Waals surface area contributed by atoms with E-state index in [2.05, 4.69) is 0 Å². The molecule has 8 nitrogen and oxygen atoms in total. The van der Waals surface area contributed by atoms with Gasteiger partial charge in [-0.1, -0.05) is 59.6 Å². The van der Waals surface area contributed by atoms with Crippen molar-refractivity contribution >= 4 is 44.8 Å². The monoisotopic (exact) mass is 571 g/mol. The number of allylic oxidation sites excluding steroid dienone is 1. The highest BCUT2D eigenvalue weighted by Crippen LogP contribution is 2.65. The number of sulfonamides is 1. The van der Waals surface area contributed by atoms with Gasteiger partial charge in [-0.2, -0.15) is 10.5 Å². The van der Waals surface area contributed by atoms with Gasteiger partial charge in [-0.05, 0) is 55.3 Å². The summed E-state index contributed by atoms with van der Waals surface area (Å²) in [6.07, 6.45) is -0.441. The average molecular weight is 572 g/mol. The van der Waals surface area contributed by atoms with Crippen LogP contribution in [0.3, 0.4) is 0 Å². The van der Waals surface area contributed by atoms with Crippen molar-refractivity contribution in [3.8, 4) is 12.1 Å². The molecular weight excluding hydrogens is 550 g/mol. The van der Waals surface area contributed by atoms with Crippen molar-refractivity contribution in [2.24, 2.45) is 5.41 Å². The Labute approximate surface area is 236 Å². The largest absolute Gasteiger partial charge is 0.463 e. The first-order chi connectivity index (χ1) is 19.1. The van der Waals surface area contributed by atoms with Crippen molar-refractivity contribution < 1.29 is 22.7 Å². The summed E-state index contributed by atoms with van der Waals surface area (Å²) in [5.41, 5.74) is -3.25. The fourth-order valence-corrected chi connectivity index (χ4v) is 7.31. The maximum absolute atomic E-state index is 14.6. The number of nitrogens with zero attached hydrogens (tertiary/aromatic N) is 3. The first kappa shape index (κ1) is 27.1. The van der Waals surface area contributed by atoms with Gasteiger partial charge in [-0.15, -0.1) is 0 Å². The van der Waals surface area contributed by atoms with Crippen LogP contribution >= 0.6 is 11.6 Å². The number of carbonyl (C=O) groups is 2. The lowest BCUT2D eigenvalue weighted by atomic mass is 9.60. The molecule has 1 heterocycles. The van der Waals surface area contributed by atoms with Crippen LogP contribution < -0.4 is 4.31 Å². The lowest BCUT2D eigenvalue weighted by Crippen LogP contribution is -2.51. The van der Waals surface area contributed by atoms with Crippen LogP contribution in [0.1, 0.15) is 30.0 Å². The molecule has 200 valence electrons. The lowest BCUT2D eigenvalue weighted by molar-refractivity contribution is -0.138. The molecule has 0 aromatic heterocycles. The number of amides is 1. The topological polar surface area (TPSA) is 128 Å². The first-order valence-corrected chi connectivity index (χ1v) is 14.2. The fraction of sp³-hybridized carbons (Fsp3) is 0.200. The van der Waals surface area contributed by atoms with E-state index in [0.717, 1.165) is 5.56 Å². The van der Waals surface area contributed by atoms with Gasteiger partial charge in [0.25, 0.3) is 15.9 Å². The maximum Gasteiger partial charge on any atom is 0.334 e. The number of halogens is 1. The summed E-state index contributed by atoms with van der Waals surface area (Å²) in [6.45, 7) is 3.41. The Bertz CT molecular complexity index is 1770. The van der Waals surface area contributed by atoms with E-state index in [1.807, 2.05) is 12.1 Å².